The number of aromatic hydroxyl groups is 1. The number of benzene rings is 2. The second kappa shape index (κ2) is 10.0. The van der Waals surface area contributed by atoms with Crippen LogP contribution in [0.1, 0.15) is 5.56 Å². The van der Waals surface area contributed by atoms with Crippen LogP contribution in [-0.2, 0) is 16.1 Å². The van der Waals surface area contributed by atoms with Crippen LogP contribution in [0.4, 0.5) is 5.69 Å². The lowest BCUT2D eigenvalue weighted by molar-refractivity contribution is -0.122. The molecule has 0 atom stereocenters. The second-order valence-corrected chi connectivity index (χ2v) is 6.48. The molecule has 0 radical (unpaired) electrons. The standard InChI is InChI=1S/C23H22N4O4/c1-3-14-27-18-10-6-5-9-17(18)22(23(27)30)26-25-21(29)15-24-20(28)13-12-16-8-4-7-11-19(16)31-2/h3-13,30H,1,14-15H2,2H3,(H,24,28). The Labute approximate surface area is 179 Å². The number of rotatable bonds is 8. The highest BCUT2D eigenvalue weighted by Gasteiger charge is 2.15. The third-order valence-electron chi connectivity index (χ3n) is 4.46. The molecule has 0 aliphatic rings. The van der Waals surface area contributed by atoms with Gasteiger partial charge in [-0.2, -0.15) is 0 Å². The summed E-state index contributed by atoms with van der Waals surface area (Å²) in [6, 6.07) is 14.5. The Kier molecular flexibility index (Phi) is 6.95. The normalized spacial score (nSPS) is 11.3. The average Bonchev–Trinajstić information content (AvgIpc) is 3.06. The molecular weight excluding hydrogens is 396 g/mol. The van der Waals surface area contributed by atoms with E-state index >= 15 is 0 Å². The van der Waals surface area contributed by atoms with E-state index in [9.17, 15) is 14.7 Å². The van der Waals surface area contributed by atoms with Crippen molar-refractivity contribution in [3.63, 3.8) is 0 Å². The van der Waals surface area contributed by atoms with E-state index in [-0.39, 0.29) is 18.1 Å². The minimum Gasteiger partial charge on any atom is -0.496 e. The van der Waals surface area contributed by atoms with Gasteiger partial charge in [0.25, 0.3) is 5.91 Å². The highest BCUT2D eigenvalue weighted by atomic mass is 16.5. The van der Waals surface area contributed by atoms with E-state index in [0.717, 1.165) is 11.1 Å². The predicted octanol–water partition coefficient (Wildman–Crippen LogP) is 3.98. The number of carbonyl (C=O) groups is 2. The van der Waals surface area contributed by atoms with Crippen LogP contribution in [-0.4, -0.2) is 35.1 Å². The lowest BCUT2D eigenvalue weighted by Gasteiger charge is -2.03. The molecule has 31 heavy (non-hydrogen) atoms. The summed E-state index contributed by atoms with van der Waals surface area (Å²) >= 11 is 0. The summed E-state index contributed by atoms with van der Waals surface area (Å²) in [5.41, 5.74) is 1.67. The van der Waals surface area contributed by atoms with Gasteiger partial charge in [0.2, 0.25) is 11.8 Å². The van der Waals surface area contributed by atoms with Gasteiger partial charge in [0, 0.05) is 23.6 Å². The Morgan fingerprint density at radius 3 is 2.71 bits per heavy atom. The molecule has 0 unspecified atom stereocenters. The largest absolute Gasteiger partial charge is 0.496 e. The Morgan fingerprint density at radius 2 is 1.94 bits per heavy atom. The number of allylic oxidation sites excluding steroid dienone is 1. The topological polar surface area (TPSA) is 105 Å². The Hall–Kier alpha value is -4.20. The smallest absolute Gasteiger partial charge is 0.283 e. The van der Waals surface area contributed by atoms with Gasteiger partial charge in [0.15, 0.2) is 5.69 Å². The number of aromatic nitrogens is 1. The molecule has 3 aromatic rings. The zero-order valence-electron chi connectivity index (χ0n) is 17.0. The lowest BCUT2D eigenvalue weighted by Crippen LogP contribution is -2.26. The maximum absolute atomic E-state index is 12.1. The van der Waals surface area contributed by atoms with Gasteiger partial charge in [-0.3, -0.25) is 9.59 Å². The first-order valence-electron chi connectivity index (χ1n) is 9.49. The molecule has 0 aliphatic heterocycles. The number of hydrogen-bond donors (Lipinski definition) is 2. The van der Waals surface area contributed by atoms with E-state index in [1.807, 2.05) is 24.3 Å². The highest BCUT2D eigenvalue weighted by molar-refractivity contribution is 5.96. The molecule has 3 rings (SSSR count). The number of para-hydroxylation sites is 2. The first kappa shape index (κ1) is 21.5. The Bertz CT molecular complexity index is 1180. The molecule has 0 fully saturated rings. The molecule has 1 aromatic heterocycles. The van der Waals surface area contributed by atoms with Crippen molar-refractivity contribution in [3.05, 3.63) is 72.8 Å². The van der Waals surface area contributed by atoms with Crippen LogP contribution >= 0.6 is 0 Å². The first-order chi connectivity index (χ1) is 15.0. The fraction of sp³-hybridized carbons (Fsp3) is 0.130. The quantitative estimate of drug-likeness (QED) is 0.328. The molecule has 1 heterocycles. The van der Waals surface area contributed by atoms with Crippen molar-refractivity contribution >= 4 is 34.5 Å². The molecular formula is C23H22N4O4. The van der Waals surface area contributed by atoms with Crippen molar-refractivity contribution in [2.24, 2.45) is 10.2 Å². The third-order valence-corrected chi connectivity index (χ3v) is 4.46. The summed E-state index contributed by atoms with van der Waals surface area (Å²) in [4.78, 5) is 24.0. The first-order valence-corrected chi connectivity index (χ1v) is 9.49. The predicted molar refractivity (Wildman–Crippen MR) is 118 cm³/mol. The van der Waals surface area contributed by atoms with Crippen LogP contribution < -0.4 is 10.1 Å². The van der Waals surface area contributed by atoms with Crippen LogP contribution in [0.5, 0.6) is 11.6 Å². The van der Waals surface area contributed by atoms with E-state index in [2.05, 4.69) is 22.1 Å². The van der Waals surface area contributed by atoms with E-state index in [0.29, 0.717) is 17.7 Å². The molecule has 2 N–H and O–H groups in total. The number of azo groups is 1. The molecule has 0 bridgehead atoms. The summed E-state index contributed by atoms with van der Waals surface area (Å²) in [6.45, 7) is 3.73. The summed E-state index contributed by atoms with van der Waals surface area (Å²) in [7, 11) is 1.54. The van der Waals surface area contributed by atoms with Gasteiger partial charge in [-0.05, 0) is 18.2 Å². The zero-order valence-corrected chi connectivity index (χ0v) is 17.0. The monoisotopic (exact) mass is 418 g/mol. The zero-order chi connectivity index (χ0) is 22.2. The highest BCUT2D eigenvalue weighted by Crippen LogP contribution is 2.38. The fourth-order valence-electron chi connectivity index (χ4n) is 3.02. The summed E-state index contributed by atoms with van der Waals surface area (Å²) < 4.78 is 6.83. The minimum atomic E-state index is -0.654. The molecule has 0 saturated carbocycles. The van der Waals surface area contributed by atoms with Crippen LogP contribution in [0.25, 0.3) is 17.0 Å². The van der Waals surface area contributed by atoms with Crippen LogP contribution in [0.2, 0.25) is 0 Å². The van der Waals surface area contributed by atoms with E-state index < -0.39 is 11.8 Å². The van der Waals surface area contributed by atoms with Gasteiger partial charge in [0.05, 0.1) is 12.6 Å². The van der Waals surface area contributed by atoms with Crippen molar-refractivity contribution in [1.29, 1.82) is 0 Å². The number of ether oxygens (including phenoxy) is 1. The molecule has 0 spiro atoms. The van der Waals surface area contributed by atoms with Gasteiger partial charge >= 0.3 is 0 Å². The van der Waals surface area contributed by atoms with Crippen molar-refractivity contribution in [2.45, 2.75) is 6.54 Å². The number of fused-ring (bicyclic) bond motifs is 1. The van der Waals surface area contributed by atoms with Gasteiger partial charge in [-0.1, -0.05) is 42.5 Å². The van der Waals surface area contributed by atoms with Crippen molar-refractivity contribution in [3.8, 4) is 11.6 Å². The fourth-order valence-corrected chi connectivity index (χ4v) is 3.02. The maximum Gasteiger partial charge on any atom is 0.283 e. The third kappa shape index (κ3) is 5.05. The summed E-state index contributed by atoms with van der Waals surface area (Å²) in [5, 5.41) is 21.1. The van der Waals surface area contributed by atoms with Crippen molar-refractivity contribution in [1.82, 2.24) is 9.88 Å². The Balaban J connectivity index is 1.65. The second-order valence-electron chi connectivity index (χ2n) is 6.48. The van der Waals surface area contributed by atoms with Crippen LogP contribution in [0, 0.1) is 0 Å². The Morgan fingerprint density at radius 1 is 1.19 bits per heavy atom. The van der Waals surface area contributed by atoms with Gasteiger partial charge in [0.1, 0.15) is 12.3 Å². The maximum atomic E-state index is 12.1. The average molecular weight is 418 g/mol. The SMILES string of the molecule is C=CCn1c(O)c(N=NC(=O)CNC(=O)C=Cc2ccccc2OC)c2ccccc21. The van der Waals surface area contributed by atoms with Crippen molar-refractivity contribution < 1.29 is 19.4 Å². The van der Waals surface area contributed by atoms with Gasteiger partial charge in [-0.25, -0.2) is 0 Å². The molecule has 0 saturated heterocycles. The molecule has 8 nitrogen and oxygen atoms in total. The number of nitrogens with zero attached hydrogens (tertiary/aromatic N) is 3. The van der Waals surface area contributed by atoms with Crippen molar-refractivity contribution in [2.75, 3.05) is 13.7 Å². The van der Waals surface area contributed by atoms with E-state index in [1.165, 1.54) is 6.08 Å². The number of amides is 2. The summed E-state index contributed by atoms with van der Waals surface area (Å²) in [5.74, 6) is -0.591. The number of carbonyl (C=O) groups excluding carboxylic acids is 2. The van der Waals surface area contributed by atoms with E-state index in [1.54, 1.807) is 48.1 Å². The molecule has 158 valence electrons. The number of methoxy groups -OCH3 is 1. The number of nitrogens with one attached hydrogen (secondary N) is 1. The minimum absolute atomic E-state index is 0.110. The van der Waals surface area contributed by atoms with Crippen LogP contribution in [0.3, 0.4) is 0 Å². The molecule has 0 aliphatic carbocycles. The molecule has 2 amide bonds. The van der Waals surface area contributed by atoms with Gasteiger partial charge in [-0.15, -0.1) is 16.8 Å². The van der Waals surface area contributed by atoms with Gasteiger partial charge < -0.3 is 19.7 Å². The van der Waals surface area contributed by atoms with E-state index in [4.69, 9.17) is 4.74 Å². The lowest BCUT2D eigenvalue weighted by atomic mass is 10.2. The molecule has 8 heteroatoms. The van der Waals surface area contributed by atoms with Crippen LogP contribution in [0.15, 0.2) is 77.5 Å². The number of hydrogen-bond acceptors (Lipinski definition) is 5. The summed E-state index contributed by atoms with van der Waals surface area (Å²) in [6.07, 6.45) is 4.54. The molecule has 2 aromatic carbocycles.